The molecule has 0 bridgehead atoms. The Balaban J connectivity index is 2.51. The third-order valence-electron chi connectivity index (χ3n) is 2.63. The van der Waals surface area contributed by atoms with Crippen LogP contribution in [0, 0.1) is 5.92 Å². The van der Waals surface area contributed by atoms with E-state index in [0.717, 1.165) is 5.57 Å². The fraction of sp³-hybridized carbons (Fsp3) is 0.143. The molecule has 0 saturated carbocycles. The number of allylic oxidation sites excluding steroid dienone is 5. The minimum atomic E-state index is 0.368. The first-order chi connectivity index (χ1) is 7.33. The molecule has 0 radical (unpaired) electrons. The molecule has 1 atom stereocenters. The first-order valence-corrected chi connectivity index (χ1v) is 5.01. The van der Waals surface area contributed by atoms with Gasteiger partial charge in [0.25, 0.3) is 0 Å². The molecule has 1 aliphatic rings. The molecule has 1 unspecified atom stereocenters. The SMILES string of the molecule is CC1C=CC(C=C=O)=C1c1ccccc1. The molecular weight excluding hydrogens is 184 g/mol. The number of hydrogen-bond acceptors (Lipinski definition) is 1. The number of rotatable bonds is 2. The van der Waals surface area contributed by atoms with E-state index >= 15 is 0 Å². The van der Waals surface area contributed by atoms with Gasteiger partial charge in [-0.15, -0.1) is 0 Å². The Morgan fingerprint density at radius 2 is 2.00 bits per heavy atom. The van der Waals surface area contributed by atoms with Gasteiger partial charge >= 0.3 is 0 Å². The van der Waals surface area contributed by atoms with E-state index in [0.29, 0.717) is 5.92 Å². The minimum absolute atomic E-state index is 0.368. The van der Waals surface area contributed by atoms with Crippen LogP contribution in [0.1, 0.15) is 12.5 Å². The van der Waals surface area contributed by atoms with Crippen molar-refractivity contribution in [2.24, 2.45) is 5.92 Å². The molecule has 0 amide bonds. The van der Waals surface area contributed by atoms with Crippen molar-refractivity contribution in [2.45, 2.75) is 6.92 Å². The predicted molar refractivity (Wildman–Crippen MR) is 61.9 cm³/mol. The summed E-state index contributed by atoms with van der Waals surface area (Å²) in [5, 5.41) is 0. The maximum atomic E-state index is 10.4. The van der Waals surface area contributed by atoms with Crippen LogP contribution >= 0.6 is 0 Å². The highest BCUT2D eigenvalue weighted by molar-refractivity contribution is 5.81. The molecule has 15 heavy (non-hydrogen) atoms. The summed E-state index contributed by atoms with van der Waals surface area (Å²) in [7, 11) is 0. The lowest BCUT2D eigenvalue weighted by molar-refractivity contribution is 0.569. The van der Waals surface area contributed by atoms with Crippen molar-refractivity contribution < 1.29 is 4.79 Å². The van der Waals surface area contributed by atoms with Crippen LogP contribution in [-0.4, -0.2) is 5.94 Å². The van der Waals surface area contributed by atoms with Gasteiger partial charge < -0.3 is 0 Å². The molecule has 1 aromatic rings. The molecule has 1 aromatic carbocycles. The maximum Gasteiger partial charge on any atom is 0.125 e. The average Bonchev–Trinajstić information content (AvgIpc) is 2.62. The smallest absolute Gasteiger partial charge is 0.125 e. The topological polar surface area (TPSA) is 17.1 Å². The van der Waals surface area contributed by atoms with Crippen LogP contribution in [0.3, 0.4) is 0 Å². The van der Waals surface area contributed by atoms with E-state index in [1.54, 1.807) is 0 Å². The van der Waals surface area contributed by atoms with E-state index in [1.165, 1.54) is 17.2 Å². The van der Waals surface area contributed by atoms with Crippen molar-refractivity contribution in [2.75, 3.05) is 0 Å². The predicted octanol–water partition coefficient (Wildman–Crippen LogP) is 3.03. The van der Waals surface area contributed by atoms with Gasteiger partial charge in [0, 0.05) is 12.0 Å². The molecule has 0 heterocycles. The summed E-state index contributed by atoms with van der Waals surface area (Å²) in [6.07, 6.45) is 5.59. The highest BCUT2D eigenvalue weighted by Gasteiger charge is 2.16. The van der Waals surface area contributed by atoms with Crippen molar-refractivity contribution in [3.63, 3.8) is 0 Å². The van der Waals surface area contributed by atoms with Crippen molar-refractivity contribution in [3.05, 3.63) is 59.7 Å². The van der Waals surface area contributed by atoms with Crippen LogP contribution in [0.15, 0.2) is 54.1 Å². The first kappa shape index (κ1) is 9.70. The highest BCUT2D eigenvalue weighted by Crippen LogP contribution is 2.33. The second-order valence-corrected chi connectivity index (χ2v) is 3.65. The standard InChI is InChI=1S/C14H12O/c1-11-7-8-13(9-10-15)14(11)12-5-3-2-4-6-12/h2-9,11H,1H3. The van der Waals surface area contributed by atoms with Crippen molar-refractivity contribution >= 4 is 11.5 Å². The molecule has 2 rings (SSSR count). The quantitative estimate of drug-likeness (QED) is 0.664. The molecule has 0 fully saturated rings. The lowest BCUT2D eigenvalue weighted by atomic mass is 9.94. The minimum Gasteiger partial charge on any atom is -0.233 e. The Bertz CT molecular complexity index is 459. The summed E-state index contributed by atoms with van der Waals surface area (Å²) >= 11 is 0. The summed E-state index contributed by atoms with van der Waals surface area (Å²) in [5.41, 5.74) is 3.36. The molecule has 0 aromatic heterocycles. The monoisotopic (exact) mass is 196 g/mol. The van der Waals surface area contributed by atoms with Gasteiger partial charge in [0.05, 0.1) is 0 Å². The molecule has 1 nitrogen and oxygen atoms in total. The van der Waals surface area contributed by atoms with Crippen molar-refractivity contribution in [1.29, 1.82) is 0 Å². The van der Waals surface area contributed by atoms with Crippen molar-refractivity contribution in [1.82, 2.24) is 0 Å². The van der Waals surface area contributed by atoms with Gasteiger partial charge in [-0.2, -0.15) is 0 Å². The fourth-order valence-electron chi connectivity index (χ4n) is 1.93. The fourth-order valence-corrected chi connectivity index (χ4v) is 1.93. The third-order valence-corrected chi connectivity index (χ3v) is 2.63. The van der Waals surface area contributed by atoms with Gasteiger partial charge in [-0.1, -0.05) is 49.4 Å². The summed E-state index contributed by atoms with van der Waals surface area (Å²) in [6.45, 7) is 2.13. The second kappa shape index (κ2) is 4.12. The zero-order valence-electron chi connectivity index (χ0n) is 8.60. The molecule has 0 N–H and O–H groups in total. The summed E-state index contributed by atoms with van der Waals surface area (Å²) < 4.78 is 0. The van der Waals surface area contributed by atoms with Crippen LogP contribution in [0.5, 0.6) is 0 Å². The van der Waals surface area contributed by atoms with Crippen LogP contribution in [-0.2, 0) is 4.79 Å². The summed E-state index contributed by atoms with van der Waals surface area (Å²) in [6, 6.07) is 10.1. The summed E-state index contributed by atoms with van der Waals surface area (Å²) in [5.74, 6) is 2.21. The number of carbonyl (C=O) groups excluding carboxylic acids is 1. The van der Waals surface area contributed by atoms with Crippen LogP contribution in [0.25, 0.3) is 5.57 Å². The number of hydrogen-bond donors (Lipinski definition) is 0. The van der Waals surface area contributed by atoms with Crippen LogP contribution in [0.4, 0.5) is 0 Å². The first-order valence-electron chi connectivity index (χ1n) is 5.01. The third kappa shape index (κ3) is 1.83. The van der Waals surface area contributed by atoms with E-state index in [1.807, 2.05) is 30.2 Å². The molecule has 0 aliphatic heterocycles. The van der Waals surface area contributed by atoms with E-state index in [2.05, 4.69) is 25.1 Å². The van der Waals surface area contributed by atoms with E-state index in [-0.39, 0.29) is 0 Å². The lowest BCUT2D eigenvalue weighted by Gasteiger charge is -2.09. The Morgan fingerprint density at radius 3 is 2.67 bits per heavy atom. The van der Waals surface area contributed by atoms with Gasteiger partial charge in [-0.05, 0) is 16.7 Å². The molecule has 1 heteroatoms. The Kier molecular flexibility index (Phi) is 2.66. The van der Waals surface area contributed by atoms with Gasteiger partial charge in [-0.3, -0.25) is 0 Å². The van der Waals surface area contributed by atoms with E-state index in [4.69, 9.17) is 0 Å². The summed E-state index contributed by atoms with van der Waals surface area (Å²) in [4.78, 5) is 10.4. The average molecular weight is 196 g/mol. The van der Waals surface area contributed by atoms with Gasteiger partial charge in [0.2, 0.25) is 0 Å². The van der Waals surface area contributed by atoms with E-state index in [9.17, 15) is 4.79 Å². The molecule has 74 valence electrons. The van der Waals surface area contributed by atoms with Gasteiger partial charge in [-0.25, -0.2) is 4.79 Å². The van der Waals surface area contributed by atoms with Gasteiger partial charge in [0.1, 0.15) is 5.94 Å². The molecular formula is C14H12O. The second-order valence-electron chi connectivity index (χ2n) is 3.65. The largest absolute Gasteiger partial charge is 0.233 e. The van der Waals surface area contributed by atoms with Crippen molar-refractivity contribution in [3.8, 4) is 0 Å². The molecule has 0 spiro atoms. The zero-order valence-corrected chi connectivity index (χ0v) is 8.60. The maximum absolute atomic E-state index is 10.4. The van der Waals surface area contributed by atoms with E-state index < -0.39 is 0 Å². The van der Waals surface area contributed by atoms with Crippen LogP contribution < -0.4 is 0 Å². The Morgan fingerprint density at radius 1 is 1.27 bits per heavy atom. The Labute approximate surface area is 89.4 Å². The zero-order chi connectivity index (χ0) is 10.7. The van der Waals surface area contributed by atoms with Crippen LogP contribution in [0.2, 0.25) is 0 Å². The molecule has 0 saturated heterocycles. The lowest BCUT2D eigenvalue weighted by Crippen LogP contribution is -1.93. The normalized spacial score (nSPS) is 19.1. The highest BCUT2D eigenvalue weighted by atomic mass is 16.1. The Hall–Kier alpha value is -1.85. The number of benzene rings is 1. The van der Waals surface area contributed by atoms with Gasteiger partial charge in [0.15, 0.2) is 0 Å². The molecule has 1 aliphatic carbocycles.